The Morgan fingerprint density at radius 1 is 1.31 bits per heavy atom. The van der Waals surface area contributed by atoms with Crippen LogP contribution in [0.1, 0.15) is 5.56 Å². The summed E-state index contributed by atoms with van der Waals surface area (Å²) >= 11 is 1.71. The van der Waals surface area contributed by atoms with Crippen molar-refractivity contribution in [2.24, 2.45) is 0 Å². The molecule has 16 heavy (non-hydrogen) atoms. The van der Waals surface area contributed by atoms with Crippen molar-refractivity contribution >= 4 is 22.8 Å². The lowest BCUT2D eigenvalue weighted by molar-refractivity contribution is 1.09. The van der Waals surface area contributed by atoms with E-state index in [1.807, 2.05) is 31.3 Å². The topological polar surface area (TPSA) is 28.2 Å². The molecular weight excluding hydrogens is 218 g/mol. The first-order valence-corrected chi connectivity index (χ1v) is 6.08. The van der Waals surface area contributed by atoms with Crippen LogP contribution < -0.4 is 10.2 Å². The Hall–Kier alpha value is -1.55. The number of anilines is 2. The highest BCUT2D eigenvalue weighted by atomic mass is 32.1. The summed E-state index contributed by atoms with van der Waals surface area (Å²) in [5.41, 5.74) is 2.41. The molecule has 0 spiro atoms. The summed E-state index contributed by atoms with van der Waals surface area (Å²) < 4.78 is 0. The molecule has 4 heteroatoms. The predicted molar refractivity (Wildman–Crippen MR) is 70.2 cm³/mol. The maximum Gasteiger partial charge on any atom is 0.126 e. The molecule has 0 aliphatic carbocycles. The molecule has 2 aromatic rings. The van der Waals surface area contributed by atoms with Crippen LogP contribution in [0.3, 0.4) is 0 Å². The average molecular weight is 233 g/mol. The summed E-state index contributed by atoms with van der Waals surface area (Å²) in [6.07, 6.45) is 1.87. The van der Waals surface area contributed by atoms with E-state index in [1.54, 1.807) is 11.3 Å². The summed E-state index contributed by atoms with van der Waals surface area (Å²) in [5, 5.41) is 7.51. The Morgan fingerprint density at radius 2 is 2.19 bits per heavy atom. The Labute approximate surface area is 99.8 Å². The Kier molecular flexibility index (Phi) is 3.41. The van der Waals surface area contributed by atoms with Crippen LogP contribution in [-0.2, 0) is 6.54 Å². The molecule has 2 rings (SSSR count). The Morgan fingerprint density at radius 3 is 2.75 bits per heavy atom. The van der Waals surface area contributed by atoms with Crippen LogP contribution in [0.25, 0.3) is 0 Å². The molecular formula is C12H15N3S. The standard InChI is InChI=1S/C12H15N3S/c1-15(2)11-3-4-12(14-8-11)13-7-10-5-6-16-9-10/h3-6,8-9H,7H2,1-2H3,(H,13,14). The molecule has 0 radical (unpaired) electrons. The first kappa shape index (κ1) is 11.0. The zero-order chi connectivity index (χ0) is 11.4. The van der Waals surface area contributed by atoms with E-state index in [0.717, 1.165) is 18.1 Å². The number of hydrogen-bond acceptors (Lipinski definition) is 4. The SMILES string of the molecule is CN(C)c1ccc(NCc2ccsc2)nc1. The lowest BCUT2D eigenvalue weighted by Gasteiger charge is -2.12. The van der Waals surface area contributed by atoms with Gasteiger partial charge in [0.15, 0.2) is 0 Å². The lowest BCUT2D eigenvalue weighted by atomic mass is 10.3. The van der Waals surface area contributed by atoms with Gasteiger partial charge in [-0.1, -0.05) is 0 Å². The molecule has 0 saturated carbocycles. The van der Waals surface area contributed by atoms with Gasteiger partial charge < -0.3 is 10.2 Å². The van der Waals surface area contributed by atoms with Crippen LogP contribution in [0.4, 0.5) is 11.5 Å². The number of hydrogen-bond donors (Lipinski definition) is 1. The molecule has 1 N–H and O–H groups in total. The zero-order valence-corrected chi connectivity index (χ0v) is 10.3. The van der Waals surface area contributed by atoms with Crippen molar-refractivity contribution in [3.63, 3.8) is 0 Å². The molecule has 0 aliphatic rings. The second-order valence-electron chi connectivity index (χ2n) is 3.78. The van der Waals surface area contributed by atoms with Gasteiger partial charge in [-0.25, -0.2) is 4.98 Å². The molecule has 84 valence electrons. The quantitative estimate of drug-likeness (QED) is 0.880. The van der Waals surface area contributed by atoms with Crippen molar-refractivity contribution in [3.8, 4) is 0 Å². The van der Waals surface area contributed by atoms with Crippen molar-refractivity contribution < 1.29 is 0 Å². The summed E-state index contributed by atoms with van der Waals surface area (Å²) in [5.74, 6) is 0.914. The first-order valence-electron chi connectivity index (χ1n) is 5.14. The zero-order valence-electron chi connectivity index (χ0n) is 9.47. The van der Waals surface area contributed by atoms with Gasteiger partial charge >= 0.3 is 0 Å². The van der Waals surface area contributed by atoms with Crippen LogP contribution >= 0.6 is 11.3 Å². The van der Waals surface area contributed by atoms with Crippen LogP contribution in [0.5, 0.6) is 0 Å². The van der Waals surface area contributed by atoms with Crippen LogP contribution in [0, 0.1) is 0 Å². The van der Waals surface area contributed by atoms with Crippen molar-refractivity contribution in [1.82, 2.24) is 4.98 Å². The lowest BCUT2D eigenvalue weighted by Crippen LogP contribution is -2.09. The first-order chi connectivity index (χ1) is 7.75. The highest BCUT2D eigenvalue weighted by molar-refractivity contribution is 7.07. The molecule has 0 aromatic carbocycles. The van der Waals surface area contributed by atoms with Crippen LogP contribution in [0.2, 0.25) is 0 Å². The minimum Gasteiger partial charge on any atom is -0.376 e. The maximum absolute atomic E-state index is 4.35. The Bertz CT molecular complexity index is 420. The molecule has 0 aliphatic heterocycles. The van der Waals surface area contributed by atoms with E-state index in [2.05, 4.69) is 33.2 Å². The highest BCUT2D eigenvalue weighted by Crippen LogP contribution is 2.13. The normalized spacial score (nSPS) is 10.1. The third kappa shape index (κ3) is 2.73. The van der Waals surface area contributed by atoms with E-state index >= 15 is 0 Å². The molecule has 0 amide bonds. The molecule has 0 saturated heterocycles. The fourth-order valence-electron chi connectivity index (χ4n) is 1.34. The average Bonchev–Trinajstić information content (AvgIpc) is 2.80. The van der Waals surface area contributed by atoms with E-state index in [1.165, 1.54) is 5.56 Å². The van der Waals surface area contributed by atoms with E-state index in [0.29, 0.717) is 0 Å². The summed E-state index contributed by atoms with van der Waals surface area (Å²) in [7, 11) is 4.02. The van der Waals surface area contributed by atoms with E-state index in [9.17, 15) is 0 Å². The number of nitrogens with zero attached hydrogens (tertiary/aromatic N) is 2. The van der Waals surface area contributed by atoms with Gasteiger partial charge in [0, 0.05) is 20.6 Å². The molecule has 0 atom stereocenters. The summed E-state index contributed by atoms with van der Waals surface area (Å²) in [6, 6.07) is 6.18. The van der Waals surface area contributed by atoms with Gasteiger partial charge in [-0.15, -0.1) is 0 Å². The minimum absolute atomic E-state index is 0.831. The fraction of sp³-hybridized carbons (Fsp3) is 0.250. The largest absolute Gasteiger partial charge is 0.376 e. The van der Waals surface area contributed by atoms with Crippen molar-refractivity contribution in [1.29, 1.82) is 0 Å². The van der Waals surface area contributed by atoms with Crippen LogP contribution in [0.15, 0.2) is 35.2 Å². The fourth-order valence-corrected chi connectivity index (χ4v) is 2.01. The molecule has 2 aromatic heterocycles. The Balaban J connectivity index is 1.95. The smallest absolute Gasteiger partial charge is 0.126 e. The maximum atomic E-state index is 4.35. The van der Waals surface area contributed by atoms with Crippen molar-refractivity contribution in [3.05, 3.63) is 40.7 Å². The molecule has 0 unspecified atom stereocenters. The van der Waals surface area contributed by atoms with Gasteiger partial charge in [-0.05, 0) is 34.5 Å². The van der Waals surface area contributed by atoms with E-state index < -0.39 is 0 Å². The van der Waals surface area contributed by atoms with Gasteiger partial charge in [-0.2, -0.15) is 11.3 Å². The molecule has 0 fully saturated rings. The van der Waals surface area contributed by atoms with Crippen molar-refractivity contribution in [2.45, 2.75) is 6.54 Å². The number of pyridine rings is 1. The summed E-state index contributed by atoms with van der Waals surface area (Å²) in [6.45, 7) is 0.831. The van der Waals surface area contributed by atoms with Gasteiger partial charge in [-0.3, -0.25) is 0 Å². The second-order valence-corrected chi connectivity index (χ2v) is 4.56. The van der Waals surface area contributed by atoms with Gasteiger partial charge in [0.05, 0.1) is 11.9 Å². The van der Waals surface area contributed by atoms with Gasteiger partial charge in [0.1, 0.15) is 5.82 Å². The third-order valence-electron chi connectivity index (χ3n) is 2.32. The number of aromatic nitrogens is 1. The van der Waals surface area contributed by atoms with E-state index in [4.69, 9.17) is 0 Å². The number of nitrogens with one attached hydrogen (secondary N) is 1. The molecule has 3 nitrogen and oxygen atoms in total. The number of thiophene rings is 1. The summed E-state index contributed by atoms with van der Waals surface area (Å²) in [4.78, 5) is 6.39. The second kappa shape index (κ2) is 4.99. The highest BCUT2D eigenvalue weighted by Gasteiger charge is 1.97. The molecule has 0 bridgehead atoms. The monoisotopic (exact) mass is 233 g/mol. The third-order valence-corrected chi connectivity index (χ3v) is 3.05. The minimum atomic E-state index is 0.831. The van der Waals surface area contributed by atoms with E-state index in [-0.39, 0.29) is 0 Å². The number of rotatable bonds is 4. The van der Waals surface area contributed by atoms with Gasteiger partial charge in [0.2, 0.25) is 0 Å². The van der Waals surface area contributed by atoms with Gasteiger partial charge in [0.25, 0.3) is 0 Å². The predicted octanol–water partition coefficient (Wildman–Crippen LogP) is 2.82. The molecule has 2 heterocycles. The van der Waals surface area contributed by atoms with Crippen molar-refractivity contribution in [2.75, 3.05) is 24.3 Å². The van der Waals surface area contributed by atoms with Crippen LogP contribution in [-0.4, -0.2) is 19.1 Å².